The van der Waals surface area contributed by atoms with Crippen molar-refractivity contribution in [1.82, 2.24) is 14.8 Å². The molecule has 1 aliphatic rings. The zero-order chi connectivity index (χ0) is 13.1. The molecular weight excluding hydrogens is 233 g/mol. The van der Waals surface area contributed by atoms with Gasteiger partial charge in [-0.05, 0) is 5.92 Å². The van der Waals surface area contributed by atoms with Gasteiger partial charge in [0.25, 0.3) is 0 Å². The van der Waals surface area contributed by atoms with E-state index in [-0.39, 0.29) is 6.61 Å². The maximum atomic E-state index is 14.1. The Labute approximate surface area is 106 Å². The van der Waals surface area contributed by atoms with Crippen molar-refractivity contribution < 1.29 is 9.50 Å². The molecule has 0 saturated carbocycles. The van der Waals surface area contributed by atoms with Crippen molar-refractivity contribution in [2.45, 2.75) is 33.0 Å². The molecule has 0 aromatic carbocycles. The van der Waals surface area contributed by atoms with Gasteiger partial charge in [-0.25, -0.2) is 9.37 Å². The van der Waals surface area contributed by atoms with Gasteiger partial charge in [0.1, 0.15) is 12.5 Å². The van der Waals surface area contributed by atoms with Crippen molar-refractivity contribution in [2.24, 2.45) is 5.92 Å². The molecule has 1 heterocycles. The van der Waals surface area contributed by atoms with Crippen LogP contribution < -0.4 is 0 Å². The number of hydrogen-bond acceptors (Lipinski definition) is 3. The van der Waals surface area contributed by atoms with Crippen molar-refractivity contribution in [3.8, 4) is 0 Å². The molecule has 98 valence electrons. The van der Waals surface area contributed by atoms with Gasteiger partial charge in [-0.15, -0.1) is 0 Å². The molecule has 5 heteroatoms. The fraction of sp³-hybridized carbons (Fsp3) is 0.538. The molecule has 0 fully saturated rings. The summed E-state index contributed by atoms with van der Waals surface area (Å²) in [5.41, 5.74) is 1.64. The summed E-state index contributed by atoms with van der Waals surface area (Å²) in [7, 11) is 0. The molecule has 0 radical (unpaired) electrons. The first-order valence-electron chi connectivity index (χ1n) is 6.17. The summed E-state index contributed by atoms with van der Waals surface area (Å²) in [6, 6.07) is 0. The smallest absolute Gasteiger partial charge is 0.179 e. The summed E-state index contributed by atoms with van der Waals surface area (Å²) in [5.74, 6) is 0.774. The lowest BCUT2D eigenvalue weighted by molar-refractivity contribution is 0.269. The van der Waals surface area contributed by atoms with Gasteiger partial charge in [0, 0.05) is 12.0 Å². The number of aromatic nitrogens is 3. The number of allylic oxidation sites excluding steroid dienone is 4. The first-order chi connectivity index (χ1) is 8.61. The Kier molecular flexibility index (Phi) is 3.91. The van der Waals surface area contributed by atoms with Gasteiger partial charge in [0.2, 0.25) is 0 Å². The molecule has 1 atom stereocenters. The Morgan fingerprint density at radius 2 is 2.28 bits per heavy atom. The molecule has 1 unspecified atom stereocenters. The van der Waals surface area contributed by atoms with Crippen LogP contribution in [0.15, 0.2) is 24.1 Å². The standard InChI is InChI=1S/C13H18FN3O/c1-9(2)10-3-4-11(12(14)7-10)13-15-8-17(16-13)5-6-18/h3-4,8-9,12,18H,5-7H2,1-2H3. The minimum absolute atomic E-state index is 0.00168. The summed E-state index contributed by atoms with van der Waals surface area (Å²) >= 11 is 0. The van der Waals surface area contributed by atoms with E-state index in [0.29, 0.717) is 30.3 Å². The van der Waals surface area contributed by atoms with Crippen molar-refractivity contribution in [1.29, 1.82) is 0 Å². The van der Waals surface area contributed by atoms with Crippen LogP contribution in [0.25, 0.3) is 5.57 Å². The molecule has 0 amide bonds. The molecule has 1 aliphatic carbocycles. The Bertz CT molecular complexity index is 476. The summed E-state index contributed by atoms with van der Waals surface area (Å²) in [6.07, 6.45) is 4.61. The summed E-state index contributed by atoms with van der Waals surface area (Å²) in [5, 5.41) is 13.0. The number of rotatable bonds is 4. The number of hydrogen-bond donors (Lipinski definition) is 1. The number of alkyl halides is 1. The van der Waals surface area contributed by atoms with Crippen molar-refractivity contribution in [3.05, 3.63) is 29.9 Å². The normalized spacial score (nSPS) is 19.9. The van der Waals surface area contributed by atoms with Gasteiger partial charge in [-0.3, -0.25) is 4.68 Å². The lowest BCUT2D eigenvalue weighted by Crippen LogP contribution is -2.13. The third kappa shape index (κ3) is 2.67. The molecule has 1 N–H and O–H groups in total. The van der Waals surface area contributed by atoms with Crippen LogP contribution in [-0.2, 0) is 6.54 Å². The third-order valence-corrected chi connectivity index (χ3v) is 3.09. The van der Waals surface area contributed by atoms with Crippen LogP contribution in [0.2, 0.25) is 0 Å². The fourth-order valence-electron chi connectivity index (χ4n) is 1.97. The average molecular weight is 251 g/mol. The van der Waals surface area contributed by atoms with E-state index in [0.717, 1.165) is 5.57 Å². The van der Waals surface area contributed by atoms with Crippen LogP contribution in [-0.4, -0.2) is 32.6 Å². The molecule has 1 aromatic heterocycles. The van der Waals surface area contributed by atoms with Crippen molar-refractivity contribution in [2.75, 3.05) is 6.61 Å². The van der Waals surface area contributed by atoms with Gasteiger partial charge < -0.3 is 5.11 Å². The summed E-state index contributed by atoms with van der Waals surface area (Å²) in [4.78, 5) is 4.08. The van der Waals surface area contributed by atoms with Crippen LogP contribution in [0.1, 0.15) is 26.1 Å². The Morgan fingerprint density at radius 1 is 1.50 bits per heavy atom. The predicted octanol–water partition coefficient (Wildman–Crippen LogP) is 1.98. The van der Waals surface area contributed by atoms with Gasteiger partial charge in [0.15, 0.2) is 5.82 Å². The van der Waals surface area contributed by atoms with Gasteiger partial charge in [-0.2, -0.15) is 5.10 Å². The lowest BCUT2D eigenvalue weighted by atomic mass is 9.90. The first-order valence-corrected chi connectivity index (χ1v) is 6.17. The second-order valence-electron chi connectivity index (χ2n) is 4.74. The van der Waals surface area contributed by atoms with Crippen LogP contribution in [0.5, 0.6) is 0 Å². The number of nitrogens with zero attached hydrogens (tertiary/aromatic N) is 3. The molecule has 1 aromatic rings. The molecule has 4 nitrogen and oxygen atoms in total. The van der Waals surface area contributed by atoms with Crippen molar-refractivity contribution in [3.63, 3.8) is 0 Å². The predicted molar refractivity (Wildman–Crippen MR) is 67.5 cm³/mol. The van der Waals surface area contributed by atoms with Gasteiger partial charge >= 0.3 is 0 Å². The van der Waals surface area contributed by atoms with E-state index in [2.05, 4.69) is 23.9 Å². The molecular formula is C13H18FN3O. The molecule has 0 spiro atoms. The summed E-state index contributed by atoms with van der Waals surface area (Å²) < 4.78 is 15.6. The average Bonchev–Trinajstić information content (AvgIpc) is 2.77. The fourth-order valence-corrected chi connectivity index (χ4v) is 1.97. The second kappa shape index (κ2) is 5.44. The minimum atomic E-state index is -1.04. The Balaban J connectivity index is 2.21. The first kappa shape index (κ1) is 13.0. The van der Waals surface area contributed by atoms with Crippen LogP contribution in [0.4, 0.5) is 4.39 Å². The highest BCUT2D eigenvalue weighted by atomic mass is 19.1. The monoisotopic (exact) mass is 251 g/mol. The van der Waals surface area contributed by atoms with Crippen LogP contribution in [0.3, 0.4) is 0 Å². The number of halogens is 1. The van der Waals surface area contributed by atoms with Gasteiger partial charge in [-0.1, -0.05) is 31.6 Å². The molecule has 18 heavy (non-hydrogen) atoms. The van der Waals surface area contributed by atoms with E-state index in [9.17, 15) is 4.39 Å². The molecule has 0 bridgehead atoms. The van der Waals surface area contributed by atoms with E-state index < -0.39 is 6.17 Å². The highest BCUT2D eigenvalue weighted by molar-refractivity contribution is 5.67. The van der Waals surface area contributed by atoms with Crippen LogP contribution >= 0.6 is 0 Å². The van der Waals surface area contributed by atoms with E-state index in [1.54, 1.807) is 6.08 Å². The number of aliphatic hydroxyl groups excluding tert-OH is 1. The molecule has 0 saturated heterocycles. The maximum Gasteiger partial charge on any atom is 0.179 e. The highest BCUT2D eigenvalue weighted by Gasteiger charge is 2.23. The molecule has 2 rings (SSSR count). The SMILES string of the molecule is CC(C)C1=CC=C(c2ncn(CCO)n2)C(F)C1. The van der Waals surface area contributed by atoms with Crippen LogP contribution in [0, 0.1) is 5.92 Å². The van der Waals surface area contributed by atoms with E-state index >= 15 is 0 Å². The topological polar surface area (TPSA) is 50.9 Å². The summed E-state index contributed by atoms with van der Waals surface area (Å²) in [6.45, 7) is 4.50. The van der Waals surface area contributed by atoms with E-state index in [4.69, 9.17) is 5.11 Å². The van der Waals surface area contributed by atoms with Gasteiger partial charge in [0.05, 0.1) is 13.2 Å². The molecule has 0 aliphatic heterocycles. The second-order valence-corrected chi connectivity index (χ2v) is 4.74. The zero-order valence-corrected chi connectivity index (χ0v) is 10.7. The largest absolute Gasteiger partial charge is 0.394 e. The lowest BCUT2D eigenvalue weighted by Gasteiger charge is -2.19. The van der Waals surface area contributed by atoms with Crippen molar-refractivity contribution >= 4 is 5.57 Å². The zero-order valence-electron chi connectivity index (χ0n) is 10.7. The number of aliphatic hydroxyl groups is 1. The Hall–Kier alpha value is -1.49. The quantitative estimate of drug-likeness (QED) is 0.890. The van der Waals surface area contributed by atoms with E-state index in [1.165, 1.54) is 11.0 Å². The Morgan fingerprint density at radius 3 is 2.89 bits per heavy atom. The minimum Gasteiger partial charge on any atom is -0.394 e. The third-order valence-electron chi connectivity index (χ3n) is 3.09. The maximum absolute atomic E-state index is 14.1. The highest BCUT2D eigenvalue weighted by Crippen LogP contribution is 2.30. The van der Waals surface area contributed by atoms with E-state index in [1.807, 2.05) is 6.08 Å².